The Hall–Kier alpha value is -1.26. The van der Waals surface area contributed by atoms with E-state index >= 15 is 0 Å². The Balaban J connectivity index is 0. The molecule has 0 aliphatic rings. The van der Waals surface area contributed by atoms with E-state index in [9.17, 15) is 4.79 Å². The van der Waals surface area contributed by atoms with Crippen molar-refractivity contribution in [2.75, 3.05) is 0 Å². The van der Waals surface area contributed by atoms with E-state index in [4.69, 9.17) is 9.90 Å². The SMILES string of the molecule is CCCCCCC(=O)O.NC(N)=O. The van der Waals surface area contributed by atoms with Crippen molar-refractivity contribution < 1.29 is 14.7 Å². The van der Waals surface area contributed by atoms with Gasteiger partial charge in [-0.25, -0.2) is 4.79 Å². The summed E-state index contributed by atoms with van der Waals surface area (Å²) in [6.07, 6.45) is 4.55. The number of amides is 2. The lowest BCUT2D eigenvalue weighted by Gasteiger charge is -1.92. The highest BCUT2D eigenvalue weighted by Gasteiger charge is 1.93. The molecule has 0 heterocycles. The predicted molar refractivity (Wildman–Crippen MR) is 50.2 cm³/mol. The fraction of sp³-hybridized carbons (Fsp3) is 0.750. The third-order valence-electron chi connectivity index (χ3n) is 1.24. The van der Waals surface area contributed by atoms with Gasteiger partial charge in [0.1, 0.15) is 0 Å². The Labute approximate surface area is 78.1 Å². The first-order chi connectivity index (χ1) is 6.00. The number of nitrogens with two attached hydrogens (primary N) is 2. The molecule has 0 aromatic carbocycles. The third kappa shape index (κ3) is 36.5. The van der Waals surface area contributed by atoms with Gasteiger partial charge in [-0.05, 0) is 6.42 Å². The molecule has 5 nitrogen and oxygen atoms in total. The van der Waals surface area contributed by atoms with E-state index < -0.39 is 12.0 Å². The molecule has 0 bridgehead atoms. The number of unbranched alkanes of at least 4 members (excludes halogenated alkanes) is 3. The quantitative estimate of drug-likeness (QED) is 0.564. The molecule has 0 rings (SSSR count). The minimum absolute atomic E-state index is 0.333. The first kappa shape index (κ1) is 14.3. The number of aliphatic carboxylic acids is 1. The van der Waals surface area contributed by atoms with Gasteiger partial charge in [0, 0.05) is 6.42 Å². The van der Waals surface area contributed by atoms with Crippen LogP contribution < -0.4 is 11.5 Å². The Morgan fingerprint density at radius 2 is 1.62 bits per heavy atom. The van der Waals surface area contributed by atoms with Gasteiger partial charge in [-0.2, -0.15) is 0 Å². The number of carboxylic acid groups (broad SMARTS) is 1. The van der Waals surface area contributed by atoms with Crippen LogP contribution in [0.3, 0.4) is 0 Å². The van der Waals surface area contributed by atoms with Crippen LogP contribution in [-0.2, 0) is 4.79 Å². The van der Waals surface area contributed by atoms with Gasteiger partial charge in [-0.3, -0.25) is 4.79 Å². The number of carboxylic acids is 1. The predicted octanol–water partition coefficient (Wildman–Crippen LogP) is 1.07. The van der Waals surface area contributed by atoms with Crippen LogP contribution in [-0.4, -0.2) is 17.1 Å². The molecule has 0 saturated heterocycles. The van der Waals surface area contributed by atoms with Gasteiger partial charge in [-0.15, -0.1) is 0 Å². The minimum Gasteiger partial charge on any atom is -0.481 e. The summed E-state index contributed by atoms with van der Waals surface area (Å²) in [7, 11) is 0. The van der Waals surface area contributed by atoms with Crippen LogP contribution in [0, 0.1) is 0 Å². The van der Waals surface area contributed by atoms with Crippen LogP contribution in [0.1, 0.15) is 39.0 Å². The maximum atomic E-state index is 9.96. The van der Waals surface area contributed by atoms with Gasteiger partial charge < -0.3 is 16.6 Å². The lowest BCUT2D eigenvalue weighted by molar-refractivity contribution is -0.137. The maximum absolute atomic E-state index is 9.96. The van der Waals surface area contributed by atoms with Crippen molar-refractivity contribution in [2.24, 2.45) is 11.5 Å². The second-order valence-corrected chi connectivity index (χ2v) is 2.61. The molecule has 0 atom stereocenters. The van der Waals surface area contributed by atoms with Crippen LogP contribution >= 0.6 is 0 Å². The molecule has 0 unspecified atom stereocenters. The van der Waals surface area contributed by atoms with Crippen molar-refractivity contribution >= 4 is 12.0 Å². The van der Waals surface area contributed by atoms with Gasteiger partial charge in [-0.1, -0.05) is 26.2 Å². The third-order valence-corrected chi connectivity index (χ3v) is 1.24. The monoisotopic (exact) mass is 190 g/mol. The number of hydrogen-bond donors (Lipinski definition) is 3. The second-order valence-electron chi connectivity index (χ2n) is 2.61. The summed E-state index contributed by atoms with van der Waals surface area (Å²) in [5.41, 5.74) is 8.50. The highest BCUT2D eigenvalue weighted by molar-refractivity contribution is 5.69. The molecule has 0 aromatic rings. The Morgan fingerprint density at radius 3 is 1.92 bits per heavy atom. The average Bonchev–Trinajstić information content (AvgIpc) is 1.97. The highest BCUT2D eigenvalue weighted by Crippen LogP contribution is 2.01. The van der Waals surface area contributed by atoms with E-state index in [-0.39, 0.29) is 0 Å². The standard InChI is InChI=1S/C7H14O2.CH4N2O/c1-2-3-4-5-6-7(8)9;2-1(3)4/h2-6H2,1H3,(H,8,9);(H4,2,3,4). The van der Waals surface area contributed by atoms with Crippen LogP contribution in [0.25, 0.3) is 0 Å². The first-order valence-electron chi connectivity index (χ1n) is 4.27. The number of hydrogen-bond acceptors (Lipinski definition) is 2. The number of rotatable bonds is 5. The molecule has 0 fully saturated rings. The fourth-order valence-electron chi connectivity index (χ4n) is 0.703. The molecule has 0 aromatic heterocycles. The molecule has 0 radical (unpaired) electrons. The zero-order valence-electron chi connectivity index (χ0n) is 7.95. The summed E-state index contributed by atoms with van der Waals surface area (Å²) < 4.78 is 0. The summed E-state index contributed by atoms with van der Waals surface area (Å²) in [5.74, 6) is -0.675. The largest absolute Gasteiger partial charge is 0.481 e. The number of carbonyl (C=O) groups excluding carboxylic acids is 1. The van der Waals surface area contributed by atoms with Crippen molar-refractivity contribution in [3.63, 3.8) is 0 Å². The molecule has 13 heavy (non-hydrogen) atoms. The van der Waals surface area contributed by atoms with E-state index in [1.54, 1.807) is 0 Å². The fourth-order valence-corrected chi connectivity index (χ4v) is 0.703. The molecule has 2 amide bonds. The summed E-state index contributed by atoms with van der Waals surface area (Å²) in [6, 6.07) is -0.833. The Bertz CT molecular complexity index is 144. The van der Waals surface area contributed by atoms with Gasteiger partial charge in [0.2, 0.25) is 0 Å². The zero-order chi connectivity index (χ0) is 10.7. The molecule has 5 N–H and O–H groups in total. The average molecular weight is 190 g/mol. The normalized spacial score (nSPS) is 8.38. The van der Waals surface area contributed by atoms with E-state index in [1.165, 1.54) is 6.42 Å². The summed E-state index contributed by atoms with van der Waals surface area (Å²) in [6.45, 7) is 2.11. The molecule has 0 aliphatic heterocycles. The molecular weight excluding hydrogens is 172 g/mol. The van der Waals surface area contributed by atoms with Crippen molar-refractivity contribution in [3.05, 3.63) is 0 Å². The Kier molecular flexibility index (Phi) is 11.8. The van der Waals surface area contributed by atoms with E-state index in [0.29, 0.717) is 6.42 Å². The van der Waals surface area contributed by atoms with Gasteiger partial charge >= 0.3 is 12.0 Å². The van der Waals surface area contributed by atoms with Crippen LogP contribution in [0.5, 0.6) is 0 Å². The van der Waals surface area contributed by atoms with Crippen molar-refractivity contribution in [1.29, 1.82) is 0 Å². The molecule has 0 saturated carbocycles. The lowest BCUT2D eigenvalue weighted by Crippen LogP contribution is -2.18. The molecule has 0 aliphatic carbocycles. The second kappa shape index (κ2) is 10.7. The van der Waals surface area contributed by atoms with Crippen molar-refractivity contribution in [3.8, 4) is 0 Å². The minimum atomic E-state index is -0.833. The summed E-state index contributed by atoms with van der Waals surface area (Å²) in [4.78, 5) is 19.0. The highest BCUT2D eigenvalue weighted by atomic mass is 16.4. The number of urea groups is 1. The zero-order valence-corrected chi connectivity index (χ0v) is 7.95. The molecule has 78 valence electrons. The number of primary amides is 2. The van der Waals surface area contributed by atoms with E-state index in [0.717, 1.165) is 19.3 Å². The lowest BCUT2D eigenvalue weighted by atomic mass is 10.2. The van der Waals surface area contributed by atoms with Gasteiger partial charge in [0.15, 0.2) is 0 Å². The molecular formula is C8H18N2O3. The molecule has 5 heteroatoms. The number of carbonyl (C=O) groups is 2. The van der Waals surface area contributed by atoms with Crippen LogP contribution in [0.4, 0.5) is 4.79 Å². The van der Waals surface area contributed by atoms with E-state index in [1.807, 2.05) is 0 Å². The molecule has 0 spiro atoms. The Morgan fingerprint density at radius 1 is 1.15 bits per heavy atom. The van der Waals surface area contributed by atoms with Gasteiger partial charge in [0.25, 0.3) is 0 Å². The summed E-state index contributed by atoms with van der Waals surface area (Å²) >= 11 is 0. The smallest absolute Gasteiger partial charge is 0.309 e. The summed E-state index contributed by atoms with van der Waals surface area (Å²) in [5, 5.41) is 8.21. The first-order valence-corrected chi connectivity index (χ1v) is 4.27. The van der Waals surface area contributed by atoms with Gasteiger partial charge in [0.05, 0.1) is 0 Å². The topological polar surface area (TPSA) is 106 Å². The van der Waals surface area contributed by atoms with Crippen molar-refractivity contribution in [1.82, 2.24) is 0 Å². The van der Waals surface area contributed by atoms with Crippen LogP contribution in [0.15, 0.2) is 0 Å². The van der Waals surface area contributed by atoms with E-state index in [2.05, 4.69) is 18.4 Å². The van der Waals surface area contributed by atoms with Crippen molar-refractivity contribution in [2.45, 2.75) is 39.0 Å². The van der Waals surface area contributed by atoms with Crippen LogP contribution in [0.2, 0.25) is 0 Å². The maximum Gasteiger partial charge on any atom is 0.309 e.